The van der Waals surface area contributed by atoms with Gasteiger partial charge in [0.05, 0.1) is 0 Å². The zero-order chi connectivity index (χ0) is 10.7. The third-order valence-corrected chi connectivity index (χ3v) is 2.34. The topological polar surface area (TPSA) is 9.23 Å². The van der Waals surface area contributed by atoms with Crippen molar-refractivity contribution in [3.63, 3.8) is 0 Å². The van der Waals surface area contributed by atoms with Gasteiger partial charge in [0.25, 0.3) is 0 Å². The van der Waals surface area contributed by atoms with Crippen molar-refractivity contribution in [3.05, 3.63) is 54.1 Å². The van der Waals surface area contributed by atoms with Crippen molar-refractivity contribution in [1.29, 1.82) is 0 Å². The molecule has 0 saturated heterocycles. The lowest BCUT2D eigenvalue weighted by Gasteiger charge is -2.08. The van der Waals surface area contributed by atoms with Gasteiger partial charge in [-0.3, -0.25) is 0 Å². The van der Waals surface area contributed by atoms with Crippen molar-refractivity contribution in [2.24, 2.45) is 0 Å². The highest BCUT2D eigenvalue weighted by atomic mass is 16.5. The van der Waals surface area contributed by atoms with Gasteiger partial charge in [-0.15, -0.1) is 0 Å². The monoisotopic (exact) mass is 196 g/mol. The Hall–Kier alpha value is -1.70. The molecule has 2 heteroatoms. The Balaban J connectivity index is 2.22. The molecule has 0 saturated carbocycles. The highest BCUT2D eigenvalue weighted by Crippen LogP contribution is 2.23. The molecule has 2 aromatic rings. The zero-order valence-electron chi connectivity index (χ0n) is 9.03. The van der Waals surface area contributed by atoms with Crippen molar-refractivity contribution >= 4 is 13.3 Å². The Morgan fingerprint density at radius 3 is 2.27 bits per heavy atom. The van der Waals surface area contributed by atoms with Gasteiger partial charge in [-0.1, -0.05) is 35.8 Å². The van der Waals surface area contributed by atoms with Crippen LogP contribution in [0.5, 0.6) is 11.5 Å². The molecule has 0 atom stereocenters. The van der Waals surface area contributed by atoms with E-state index in [9.17, 15) is 0 Å². The number of benzene rings is 2. The maximum atomic E-state index is 5.76. The summed E-state index contributed by atoms with van der Waals surface area (Å²) in [5, 5.41) is 0. The van der Waals surface area contributed by atoms with Crippen LogP contribution < -0.4 is 10.2 Å². The maximum Gasteiger partial charge on any atom is 0.139 e. The van der Waals surface area contributed by atoms with Gasteiger partial charge in [0.1, 0.15) is 19.3 Å². The van der Waals surface area contributed by atoms with Crippen LogP contribution in [0.3, 0.4) is 0 Å². The molecule has 0 unspecified atom stereocenters. The lowest BCUT2D eigenvalue weighted by Crippen LogP contribution is -1.99. The Kier molecular flexibility index (Phi) is 2.77. The van der Waals surface area contributed by atoms with Gasteiger partial charge >= 0.3 is 0 Å². The van der Waals surface area contributed by atoms with E-state index < -0.39 is 0 Å². The average Bonchev–Trinajstić information content (AvgIpc) is 2.25. The Labute approximate surface area is 91.1 Å². The molecule has 2 aromatic carbocycles. The quantitative estimate of drug-likeness (QED) is 0.668. The molecule has 15 heavy (non-hydrogen) atoms. The smallest absolute Gasteiger partial charge is 0.139 e. The summed E-state index contributed by atoms with van der Waals surface area (Å²) in [7, 11) is 2.07. The Morgan fingerprint density at radius 1 is 0.933 bits per heavy atom. The highest BCUT2D eigenvalue weighted by molar-refractivity contribution is 6.32. The van der Waals surface area contributed by atoms with E-state index >= 15 is 0 Å². The third-order valence-electron chi connectivity index (χ3n) is 2.34. The maximum absolute atomic E-state index is 5.76. The molecule has 0 aliphatic carbocycles. The fourth-order valence-corrected chi connectivity index (χ4v) is 1.40. The molecular formula is C13H13BO. The van der Waals surface area contributed by atoms with Crippen molar-refractivity contribution < 1.29 is 4.74 Å². The lowest BCUT2D eigenvalue weighted by molar-refractivity contribution is 0.479. The van der Waals surface area contributed by atoms with E-state index in [1.54, 1.807) is 0 Å². The van der Waals surface area contributed by atoms with Gasteiger partial charge in [-0.05, 0) is 30.7 Å². The molecule has 0 bridgehead atoms. The van der Waals surface area contributed by atoms with Crippen LogP contribution in [0.4, 0.5) is 0 Å². The minimum Gasteiger partial charge on any atom is -0.457 e. The summed E-state index contributed by atoms with van der Waals surface area (Å²) in [6.45, 7) is 2.05. The second kappa shape index (κ2) is 4.22. The number of aryl methyl sites for hydroxylation is 1. The SMILES string of the molecule is Bc1ccc(Oc2ccccc2C)cc1. The van der Waals surface area contributed by atoms with Gasteiger partial charge in [0, 0.05) is 0 Å². The van der Waals surface area contributed by atoms with E-state index in [1.165, 1.54) is 5.46 Å². The number of rotatable bonds is 2. The Bertz CT molecular complexity index is 448. The summed E-state index contributed by atoms with van der Waals surface area (Å²) in [5.41, 5.74) is 2.39. The van der Waals surface area contributed by atoms with E-state index in [2.05, 4.69) is 7.85 Å². The number of para-hydroxylation sites is 1. The van der Waals surface area contributed by atoms with E-state index in [1.807, 2.05) is 55.5 Å². The average molecular weight is 196 g/mol. The molecule has 0 aliphatic rings. The number of hydrogen-bond donors (Lipinski definition) is 0. The second-order valence-corrected chi connectivity index (χ2v) is 3.68. The predicted octanol–water partition coefficient (Wildman–Crippen LogP) is 2.05. The molecule has 0 amide bonds. The van der Waals surface area contributed by atoms with E-state index in [4.69, 9.17) is 4.74 Å². The van der Waals surface area contributed by atoms with Crippen molar-refractivity contribution in [2.75, 3.05) is 0 Å². The van der Waals surface area contributed by atoms with Gasteiger partial charge in [0.2, 0.25) is 0 Å². The van der Waals surface area contributed by atoms with E-state index in [0.29, 0.717) is 0 Å². The molecule has 0 heterocycles. The summed E-state index contributed by atoms with van der Waals surface area (Å²) in [6, 6.07) is 16.1. The molecule has 2 rings (SSSR count). The first-order chi connectivity index (χ1) is 7.25. The minimum absolute atomic E-state index is 0.884. The third kappa shape index (κ3) is 2.41. The molecular weight excluding hydrogens is 183 g/mol. The minimum atomic E-state index is 0.884. The highest BCUT2D eigenvalue weighted by Gasteiger charge is 1.99. The molecule has 0 fully saturated rings. The first kappa shape index (κ1) is 9.84. The summed E-state index contributed by atoms with van der Waals surface area (Å²) in [5.74, 6) is 1.80. The summed E-state index contributed by atoms with van der Waals surface area (Å²) in [4.78, 5) is 0. The van der Waals surface area contributed by atoms with Crippen LogP contribution in [0.1, 0.15) is 5.56 Å². The zero-order valence-corrected chi connectivity index (χ0v) is 9.03. The van der Waals surface area contributed by atoms with Crippen molar-refractivity contribution in [1.82, 2.24) is 0 Å². The van der Waals surface area contributed by atoms with E-state index in [0.717, 1.165) is 17.1 Å². The summed E-state index contributed by atoms with van der Waals surface area (Å²) >= 11 is 0. The molecule has 0 aromatic heterocycles. The number of hydrogen-bond acceptors (Lipinski definition) is 1. The molecule has 74 valence electrons. The number of ether oxygens (including phenoxy) is 1. The van der Waals surface area contributed by atoms with Crippen LogP contribution in [0.25, 0.3) is 0 Å². The van der Waals surface area contributed by atoms with Crippen LogP contribution in [-0.4, -0.2) is 7.85 Å². The Morgan fingerprint density at radius 2 is 1.60 bits per heavy atom. The second-order valence-electron chi connectivity index (χ2n) is 3.68. The molecule has 0 radical (unpaired) electrons. The predicted molar refractivity (Wildman–Crippen MR) is 65.9 cm³/mol. The summed E-state index contributed by atoms with van der Waals surface area (Å²) in [6.07, 6.45) is 0. The largest absolute Gasteiger partial charge is 0.457 e. The lowest BCUT2D eigenvalue weighted by atomic mass is 9.97. The standard InChI is InChI=1S/C13H13BO/c1-10-4-2-3-5-13(10)15-12-8-6-11(14)7-9-12/h2-9H,14H2,1H3. The van der Waals surface area contributed by atoms with Crippen LogP contribution >= 0.6 is 0 Å². The molecule has 1 nitrogen and oxygen atoms in total. The fourth-order valence-electron chi connectivity index (χ4n) is 1.40. The van der Waals surface area contributed by atoms with Crippen LogP contribution in [0.15, 0.2) is 48.5 Å². The normalized spacial score (nSPS) is 9.93. The van der Waals surface area contributed by atoms with Crippen molar-refractivity contribution in [2.45, 2.75) is 6.92 Å². The first-order valence-corrected chi connectivity index (χ1v) is 5.06. The molecule has 0 N–H and O–H groups in total. The van der Waals surface area contributed by atoms with Crippen LogP contribution in [-0.2, 0) is 0 Å². The van der Waals surface area contributed by atoms with Gasteiger partial charge in [-0.25, -0.2) is 0 Å². The van der Waals surface area contributed by atoms with Crippen molar-refractivity contribution in [3.8, 4) is 11.5 Å². The molecule has 0 spiro atoms. The van der Waals surface area contributed by atoms with E-state index in [-0.39, 0.29) is 0 Å². The first-order valence-electron chi connectivity index (χ1n) is 5.06. The summed E-state index contributed by atoms with van der Waals surface area (Å²) < 4.78 is 5.76. The van der Waals surface area contributed by atoms with Gasteiger partial charge < -0.3 is 4.74 Å². The van der Waals surface area contributed by atoms with Gasteiger partial charge in [0.15, 0.2) is 0 Å². The fraction of sp³-hybridized carbons (Fsp3) is 0.0769. The molecule has 0 aliphatic heterocycles. The van der Waals surface area contributed by atoms with Crippen LogP contribution in [0.2, 0.25) is 0 Å². The van der Waals surface area contributed by atoms with Gasteiger partial charge in [-0.2, -0.15) is 0 Å². The van der Waals surface area contributed by atoms with Crippen LogP contribution in [0, 0.1) is 6.92 Å².